The zero-order chi connectivity index (χ0) is 37.0. The minimum atomic E-state index is -0.396. The van der Waals surface area contributed by atoms with E-state index in [0.29, 0.717) is 67.1 Å². The monoisotopic (exact) mass is 705 g/mol. The average molecular weight is 706 g/mol. The standard InChI is InChI=1S/C42H51N5O5/c1-29-25-47(30(2)28-48)42(51)35-24-34(44-40(49)16-8-5-9-17-41(50)45-37-15-11-10-14-36(37)43)22-23-38(35)52-39(29)27-46(3)26-31-18-20-33(21-19-31)32-12-6-4-7-13-32/h4,6-7,10-15,18-24,29-30,39,48H,5,8-9,16-17,25-28,43H2,1-3H3,(H,44,49)(H,45,50)/t29-,30+,39-/m1/s1. The first kappa shape index (κ1) is 38.1. The van der Waals surface area contributed by atoms with Crippen molar-refractivity contribution in [2.24, 2.45) is 5.92 Å². The number of hydrogen-bond acceptors (Lipinski definition) is 7. The Labute approximate surface area is 307 Å². The van der Waals surface area contributed by atoms with E-state index in [9.17, 15) is 19.5 Å². The molecule has 3 amide bonds. The maximum absolute atomic E-state index is 13.9. The van der Waals surface area contributed by atoms with Gasteiger partial charge in [-0.1, -0.05) is 80.1 Å². The summed E-state index contributed by atoms with van der Waals surface area (Å²) in [7, 11) is 2.06. The first-order valence-corrected chi connectivity index (χ1v) is 18.1. The normalized spacial score (nSPS) is 16.3. The lowest BCUT2D eigenvalue weighted by atomic mass is 9.99. The molecule has 0 unspecified atom stereocenters. The van der Waals surface area contributed by atoms with Gasteiger partial charge in [0.25, 0.3) is 5.91 Å². The Bertz CT molecular complexity index is 1800. The van der Waals surface area contributed by atoms with Gasteiger partial charge in [0.05, 0.1) is 29.6 Å². The summed E-state index contributed by atoms with van der Waals surface area (Å²) in [5.41, 5.74) is 11.4. The second-order valence-corrected chi connectivity index (χ2v) is 13.8. The number of rotatable bonds is 15. The van der Waals surface area contributed by atoms with E-state index in [4.69, 9.17) is 10.5 Å². The summed E-state index contributed by atoms with van der Waals surface area (Å²) in [6, 6.07) is 30.8. The van der Waals surface area contributed by atoms with Crippen LogP contribution in [-0.2, 0) is 16.1 Å². The van der Waals surface area contributed by atoms with Crippen LogP contribution in [0.2, 0.25) is 0 Å². The summed E-state index contributed by atoms with van der Waals surface area (Å²) in [4.78, 5) is 43.0. The van der Waals surface area contributed by atoms with E-state index in [-0.39, 0.29) is 42.8 Å². The van der Waals surface area contributed by atoms with Crippen LogP contribution in [0, 0.1) is 5.92 Å². The molecule has 1 heterocycles. The molecule has 274 valence electrons. The first-order chi connectivity index (χ1) is 25.1. The highest BCUT2D eigenvalue weighted by Crippen LogP contribution is 2.31. The van der Waals surface area contributed by atoms with E-state index in [2.05, 4.69) is 65.9 Å². The third-order valence-corrected chi connectivity index (χ3v) is 9.50. The van der Waals surface area contributed by atoms with E-state index in [1.165, 1.54) is 16.7 Å². The molecule has 5 rings (SSSR count). The van der Waals surface area contributed by atoms with Crippen molar-refractivity contribution in [1.29, 1.82) is 0 Å². The number of nitrogens with one attached hydrogen (secondary N) is 2. The second-order valence-electron chi connectivity index (χ2n) is 13.8. The molecule has 0 aliphatic carbocycles. The number of nitrogen functional groups attached to an aromatic ring is 1. The summed E-state index contributed by atoms with van der Waals surface area (Å²) in [5.74, 6) is -0.107. The predicted octanol–water partition coefficient (Wildman–Crippen LogP) is 6.82. The molecule has 5 N–H and O–H groups in total. The molecule has 4 aromatic rings. The first-order valence-electron chi connectivity index (χ1n) is 18.1. The van der Waals surface area contributed by atoms with Crippen molar-refractivity contribution in [3.05, 3.63) is 108 Å². The van der Waals surface area contributed by atoms with Gasteiger partial charge in [0, 0.05) is 44.1 Å². The molecule has 4 aromatic carbocycles. The Morgan fingerprint density at radius 2 is 1.56 bits per heavy atom. The molecule has 0 aromatic heterocycles. The van der Waals surface area contributed by atoms with Gasteiger partial charge in [0.1, 0.15) is 11.9 Å². The van der Waals surface area contributed by atoms with E-state index in [1.54, 1.807) is 35.2 Å². The number of hydrogen-bond donors (Lipinski definition) is 4. The topological polar surface area (TPSA) is 137 Å². The maximum Gasteiger partial charge on any atom is 0.258 e. The molecular formula is C42H51N5O5. The third kappa shape index (κ3) is 10.4. The quantitative estimate of drug-likeness (QED) is 0.0788. The van der Waals surface area contributed by atoms with Gasteiger partial charge < -0.3 is 31.1 Å². The predicted molar refractivity (Wildman–Crippen MR) is 207 cm³/mol. The summed E-state index contributed by atoms with van der Waals surface area (Å²) >= 11 is 0. The number of likely N-dealkylation sites (N-methyl/N-ethyl adjacent to an activating group) is 1. The third-order valence-electron chi connectivity index (χ3n) is 9.50. The van der Waals surface area contributed by atoms with Gasteiger partial charge in [-0.15, -0.1) is 0 Å². The summed E-state index contributed by atoms with van der Waals surface area (Å²) in [5, 5.41) is 15.8. The molecule has 1 aliphatic rings. The average Bonchev–Trinajstić information content (AvgIpc) is 3.14. The lowest BCUT2D eigenvalue weighted by molar-refractivity contribution is -0.116. The zero-order valence-electron chi connectivity index (χ0n) is 30.4. The number of carbonyl (C=O) groups excluding carboxylic acids is 3. The fourth-order valence-electron chi connectivity index (χ4n) is 6.43. The van der Waals surface area contributed by atoms with E-state index in [0.717, 1.165) is 6.54 Å². The molecule has 1 aliphatic heterocycles. The molecule has 0 saturated heterocycles. The minimum absolute atomic E-state index is 0.0177. The lowest BCUT2D eigenvalue weighted by Gasteiger charge is -2.38. The molecular weight excluding hydrogens is 654 g/mol. The number of aliphatic hydroxyl groups excluding tert-OH is 1. The maximum atomic E-state index is 13.9. The van der Waals surface area contributed by atoms with Crippen LogP contribution in [0.15, 0.2) is 97.1 Å². The van der Waals surface area contributed by atoms with E-state index >= 15 is 0 Å². The number of benzene rings is 4. The molecule has 52 heavy (non-hydrogen) atoms. The molecule has 10 nitrogen and oxygen atoms in total. The highest BCUT2D eigenvalue weighted by molar-refractivity contribution is 6.00. The molecule has 0 radical (unpaired) electrons. The smallest absolute Gasteiger partial charge is 0.258 e. The number of anilines is 3. The Morgan fingerprint density at radius 3 is 2.25 bits per heavy atom. The summed E-state index contributed by atoms with van der Waals surface area (Å²) in [6.45, 7) is 5.50. The van der Waals surface area contributed by atoms with Gasteiger partial charge in [-0.05, 0) is 73.8 Å². The van der Waals surface area contributed by atoms with Crippen LogP contribution in [-0.4, -0.2) is 71.5 Å². The molecule has 3 atom stereocenters. The SMILES string of the molecule is C[C@@H]1CN([C@@H](C)CO)C(=O)c2cc(NC(=O)CCCCCC(=O)Nc3ccccc3N)ccc2O[C@@H]1CN(C)Cc1ccc(-c2ccccc2)cc1. The summed E-state index contributed by atoms with van der Waals surface area (Å²) < 4.78 is 6.58. The van der Waals surface area contributed by atoms with Crippen LogP contribution in [0.5, 0.6) is 5.75 Å². The van der Waals surface area contributed by atoms with Gasteiger partial charge >= 0.3 is 0 Å². The minimum Gasteiger partial charge on any atom is -0.488 e. The van der Waals surface area contributed by atoms with Crippen molar-refractivity contribution in [2.75, 3.05) is 43.1 Å². The number of nitrogens with zero attached hydrogens (tertiary/aromatic N) is 2. The highest BCUT2D eigenvalue weighted by atomic mass is 16.5. The van der Waals surface area contributed by atoms with E-state index < -0.39 is 6.04 Å². The number of carbonyl (C=O) groups is 3. The molecule has 10 heteroatoms. The van der Waals surface area contributed by atoms with Crippen molar-refractivity contribution in [3.8, 4) is 16.9 Å². The number of amides is 3. The number of ether oxygens (including phenoxy) is 1. The Morgan fingerprint density at radius 1 is 0.904 bits per heavy atom. The molecule has 0 spiro atoms. The zero-order valence-corrected chi connectivity index (χ0v) is 30.4. The number of fused-ring (bicyclic) bond motifs is 1. The fourth-order valence-corrected chi connectivity index (χ4v) is 6.43. The highest BCUT2D eigenvalue weighted by Gasteiger charge is 2.33. The van der Waals surface area contributed by atoms with Crippen molar-refractivity contribution in [2.45, 2.75) is 64.6 Å². The molecule has 0 bridgehead atoms. The van der Waals surface area contributed by atoms with Crippen LogP contribution in [0.1, 0.15) is 61.9 Å². The lowest BCUT2D eigenvalue weighted by Crippen LogP contribution is -2.49. The van der Waals surface area contributed by atoms with E-state index in [1.807, 2.05) is 37.3 Å². The molecule has 0 saturated carbocycles. The van der Waals surface area contributed by atoms with Gasteiger partial charge in [0.2, 0.25) is 11.8 Å². The van der Waals surface area contributed by atoms with Crippen LogP contribution in [0.3, 0.4) is 0 Å². The van der Waals surface area contributed by atoms with Gasteiger partial charge in [-0.2, -0.15) is 0 Å². The summed E-state index contributed by atoms with van der Waals surface area (Å²) in [6.07, 6.45) is 2.35. The number of para-hydroxylation sites is 2. The van der Waals surface area contributed by atoms with Crippen molar-refractivity contribution >= 4 is 34.8 Å². The number of aliphatic hydroxyl groups is 1. The number of nitrogens with two attached hydrogens (primary N) is 1. The second kappa shape index (κ2) is 18.3. The van der Waals surface area contributed by atoms with Crippen molar-refractivity contribution < 1.29 is 24.2 Å². The fraction of sp³-hybridized carbons (Fsp3) is 0.357. The van der Waals surface area contributed by atoms with Gasteiger partial charge in [-0.3, -0.25) is 19.3 Å². The Kier molecular flexibility index (Phi) is 13.4. The van der Waals surface area contributed by atoms with Gasteiger partial charge in [0.15, 0.2) is 0 Å². The largest absolute Gasteiger partial charge is 0.488 e. The van der Waals surface area contributed by atoms with Crippen LogP contribution >= 0.6 is 0 Å². The molecule has 0 fully saturated rings. The number of unbranched alkanes of at least 4 members (excludes halogenated alkanes) is 2. The van der Waals surface area contributed by atoms with Crippen LogP contribution in [0.4, 0.5) is 17.1 Å². The van der Waals surface area contributed by atoms with Crippen molar-refractivity contribution in [3.63, 3.8) is 0 Å². The van der Waals surface area contributed by atoms with Crippen LogP contribution < -0.4 is 21.1 Å². The Hall–Kier alpha value is -5.19. The van der Waals surface area contributed by atoms with Crippen molar-refractivity contribution in [1.82, 2.24) is 9.80 Å². The van der Waals surface area contributed by atoms with Gasteiger partial charge in [-0.25, -0.2) is 0 Å². The van der Waals surface area contributed by atoms with Crippen LogP contribution in [0.25, 0.3) is 11.1 Å². The Balaban J connectivity index is 1.18.